The van der Waals surface area contributed by atoms with Crippen LogP contribution in [0.15, 0.2) is 60.7 Å². The molecule has 2 rings (SSSR count). The van der Waals surface area contributed by atoms with Gasteiger partial charge >= 0.3 is 0 Å². The third-order valence-corrected chi connectivity index (χ3v) is 3.50. The number of nitro groups is 1. The normalized spacial score (nSPS) is 13.6. The van der Waals surface area contributed by atoms with Crippen molar-refractivity contribution in [2.75, 3.05) is 6.54 Å². The number of nitrogens with zero attached hydrogens (tertiary/aromatic N) is 1. The van der Waals surface area contributed by atoms with Gasteiger partial charge in [-0.05, 0) is 18.1 Å². The number of hydrogen-bond donors (Lipinski definition) is 0. The van der Waals surface area contributed by atoms with Crippen molar-refractivity contribution in [3.8, 4) is 0 Å². The van der Waals surface area contributed by atoms with E-state index in [-0.39, 0.29) is 23.5 Å². The minimum Gasteiger partial charge on any atom is -0.373 e. The molecule has 0 aliphatic carbocycles. The van der Waals surface area contributed by atoms with Gasteiger partial charge in [0, 0.05) is 4.92 Å². The molecule has 0 fully saturated rings. The van der Waals surface area contributed by atoms with E-state index in [0.717, 1.165) is 11.1 Å². The first kappa shape index (κ1) is 15.2. The van der Waals surface area contributed by atoms with Gasteiger partial charge in [0.25, 0.3) is 0 Å². The van der Waals surface area contributed by atoms with Crippen molar-refractivity contribution in [2.45, 2.75) is 25.6 Å². The molecular weight excluding hydrogens is 266 g/mol. The summed E-state index contributed by atoms with van der Waals surface area (Å²) in [6, 6.07) is 19.3. The van der Waals surface area contributed by atoms with Crippen LogP contribution in [0.1, 0.15) is 24.0 Å². The van der Waals surface area contributed by atoms with Gasteiger partial charge < -0.3 is 4.74 Å². The van der Waals surface area contributed by atoms with Crippen LogP contribution in [0.3, 0.4) is 0 Å². The fourth-order valence-electron chi connectivity index (χ4n) is 2.30. The molecule has 0 heterocycles. The van der Waals surface area contributed by atoms with E-state index in [9.17, 15) is 10.1 Å². The number of hydrogen-bond acceptors (Lipinski definition) is 3. The lowest BCUT2D eigenvalue weighted by Crippen LogP contribution is -2.25. The molecule has 4 nitrogen and oxygen atoms in total. The van der Waals surface area contributed by atoms with Crippen LogP contribution in [-0.4, -0.2) is 17.6 Å². The predicted molar refractivity (Wildman–Crippen MR) is 81.7 cm³/mol. The molecule has 0 aromatic heterocycles. The molecule has 2 aromatic carbocycles. The Balaban J connectivity index is 2.04. The molecule has 0 bridgehead atoms. The van der Waals surface area contributed by atoms with Crippen molar-refractivity contribution in [1.82, 2.24) is 0 Å². The van der Waals surface area contributed by atoms with Gasteiger partial charge in [-0.15, -0.1) is 0 Å². The number of ether oxygens (including phenoxy) is 1. The van der Waals surface area contributed by atoms with Crippen molar-refractivity contribution >= 4 is 0 Å². The number of rotatable bonds is 7. The molecule has 110 valence electrons. The van der Waals surface area contributed by atoms with Crippen molar-refractivity contribution in [1.29, 1.82) is 0 Å². The predicted octanol–water partition coefficient (Wildman–Crippen LogP) is 3.65. The van der Waals surface area contributed by atoms with Crippen molar-refractivity contribution in [3.63, 3.8) is 0 Å². The Morgan fingerprint density at radius 3 is 2.19 bits per heavy atom. The van der Waals surface area contributed by atoms with E-state index >= 15 is 0 Å². The van der Waals surface area contributed by atoms with Gasteiger partial charge in [-0.25, -0.2) is 0 Å². The SMILES string of the molecule is C[C@H](OCc1ccccc1)[C@@H](C[N+](=O)[O-])c1ccccc1. The Morgan fingerprint density at radius 2 is 1.62 bits per heavy atom. The molecule has 0 radical (unpaired) electrons. The van der Waals surface area contributed by atoms with E-state index in [1.165, 1.54) is 0 Å². The van der Waals surface area contributed by atoms with Crippen molar-refractivity contribution < 1.29 is 9.66 Å². The van der Waals surface area contributed by atoms with Gasteiger partial charge in [0.15, 0.2) is 0 Å². The minimum absolute atomic E-state index is 0.125. The molecule has 0 aliphatic rings. The average Bonchev–Trinajstić information content (AvgIpc) is 2.52. The van der Waals surface area contributed by atoms with Gasteiger partial charge in [0.1, 0.15) is 0 Å². The summed E-state index contributed by atoms with van der Waals surface area (Å²) < 4.78 is 5.84. The van der Waals surface area contributed by atoms with Gasteiger partial charge in [-0.1, -0.05) is 60.7 Å². The first-order valence-electron chi connectivity index (χ1n) is 6.99. The topological polar surface area (TPSA) is 52.4 Å². The third-order valence-electron chi connectivity index (χ3n) is 3.50. The Bertz CT molecular complexity index is 557. The van der Waals surface area contributed by atoms with Crippen LogP contribution >= 0.6 is 0 Å². The summed E-state index contributed by atoms with van der Waals surface area (Å²) in [7, 11) is 0. The maximum atomic E-state index is 10.9. The highest BCUT2D eigenvalue weighted by molar-refractivity contribution is 5.21. The highest BCUT2D eigenvalue weighted by Crippen LogP contribution is 2.23. The Kier molecular flexibility index (Phi) is 5.46. The van der Waals surface area contributed by atoms with Crippen molar-refractivity contribution in [3.05, 3.63) is 81.9 Å². The molecule has 0 saturated carbocycles. The second kappa shape index (κ2) is 7.55. The first-order chi connectivity index (χ1) is 10.2. The van der Waals surface area contributed by atoms with E-state index in [1.807, 2.05) is 67.6 Å². The van der Waals surface area contributed by atoms with Gasteiger partial charge in [0.2, 0.25) is 6.54 Å². The van der Waals surface area contributed by atoms with Gasteiger partial charge in [-0.3, -0.25) is 10.1 Å². The van der Waals surface area contributed by atoms with E-state index in [1.54, 1.807) is 0 Å². The molecule has 4 heteroatoms. The summed E-state index contributed by atoms with van der Waals surface area (Å²) in [4.78, 5) is 10.6. The fraction of sp³-hybridized carbons (Fsp3) is 0.294. The lowest BCUT2D eigenvalue weighted by Gasteiger charge is -2.21. The molecule has 0 saturated heterocycles. The maximum Gasteiger partial charge on any atom is 0.213 e. The quantitative estimate of drug-likeness (QED) is 0.576. The number of benzene rings is 2. The molecule has 0 aliphatic heterocycles. The van der Waals surface area contributed by atoms with Crippen molar-refractivity contribution in [2.24, 2.45) is 0 Å². The highest BCUT2D eigenvalue weighted by atomic mass is 16.6. The zero-order valence-corrected chi connectivity index (χ0v) is 12.0. The monoisotopic (exact) mass is 285 g/mol. The zero-order valence-electron chi connectivity index (χ0n) is 12.0. The molecular formula is C17H19NO3. The van der Waals surface area contributed by atoms with Gasteiger partial charge in [-0.2, -0.15) is 0 Å². The molecule has 0 spiro atoms. The van der Waals surface area contributed by atoms with Gasteiger partial charge in [0.05, 0.1) is 18.6 Å². The summed E-state index contributed by atoms with van der Waals surface area (Å²) in [6.07, 6.45) is -0.224. The summed E-state index contributed by atoms with van der Waals surface area (Å²) in [6.45, 7) is 2.23. The van der Waals surface area contributed by atoms with E-state index < -0.39 is 0 Å². The summed E-state index contributed by atoms with van der Waals surface area (Å²) in [5.74, 6) is -0.245. The summed E-state index contributed by atoms with van der Waals surface area (Å²) >= 11 is 0. The highest BCUT2D eigenvalue weighted by Gasteiger charge is 2.25. The van der Waals surface area contributed by atoms with E-state index in [0.29, 0.717) is 6.61 Å². The molecule has 0 amide bonds. The lowest BCUT2D eigenvalue weighted by atomic mass is 9.94. The molecule has 2 atom stereocenters. The molecule has 2 aromatic rings. The van der Waals surface area contributed by atoms with E-state index in [2.05, 4.69) is 0 Å². The lowest BCUT2D eigenvalue weighted by molar-refractivity contribution is -0.485. The fourth-order valence-corrected chi connectivity index (χ4v) is 2.30. The smallest absolute Gasteiger partial charge is 0.213 e. The van der Waals surface area contributed by atoms with Crippen LogP contribution in [0, 0.1) is 10.1 Å². The summed E-state index contributed by atoms with van der Waals surface area (Å²) in [5.41, 5.74) is 2.01. The molecule has 0 unspecified atom stereocenters. The second-order valence-electron chi connectivity index (χ2n) is 5.03. The largest absolute Gasteiger partial charge is 0.373 e. The third kappa shape index (κ3) is 4.68. The Morgan fingerprint density at radius 1 is 1.05 bits per heavy atom. The Hall–Kier alpha value is -2.20. The zero-order chi connectivity index (χ0) is 15.1. The maximum absolute atomic E-state index is 10.9. The summed E-state index contributed by atoms with van der Waals surface area (Å²) in [5, 5.41) is 10.9. The van der Waals surface area contributed by atoms with Crippen LogP contribution in [0.2, 0.25) is 0 Å². The van der Waals surface area contributed by atoms with Crippen LogP contribution in [-0.2, 0) is 11.3 Å². The Labute approximate surface area is 124 Å². The van der Waals surface area contributed by atoms with E-state index in [4.69, 9.17) is 4.74 Å². The van der Waals surface area contributed by atoms with Crippen LogP contribution < -0.4 is 0 Å². The van der Waals surface area contributed by atoms with Crippen LogP contribution in [0.4, 0.5) is 0 Å². The minimum atomic E-state index is -0.278. The average molecular weight is 285 g/mol. The second-order valence-corrected chi connectivity index (χ2v) is 5.03. The van der Waals surface area contributed by atoms with Crippen LogP contribution in [0.25, 0.3) is 0 Å². The van der Waals surface area contributed by atoms with Crippen LogP contribution in [0.5, 0.6) is 0 Å². The molecule has 21 heavy (non-hydrogen) atoms. The first-order valence-corrected chi connectivity index (χ1v) is 6.99. The standard InChI is InChI=1S/C17H19NO3/c1-14(21-13-15-8-4-2-5-9-15)17(12-18(19)20)16-10-6-3-7-11-16/h2-11,14,17H,12-13H2,1H3/t14-,17+/m0/s1. The molecule has 0 N–H and O–H groups in total.